The highest BCUT2D eigenvalue weighted by Crippen LogP contribution is 2.14. The van der Waals surface area contributed by atoms with Crippen LogP contribution in [0.5, 0.6) is 5.75 Å². The summed E-state index contributed by atoms with van der Waals surface area (Å²) in [6.07, 6.45) is 3.86. The van der Waals surface area contributed by atoms with Crippen LogP contribution in [0.15, 0.2) is 36.4 Å². The van der Waals surface area contributed by atoms with Crippen molar-refractivity contribution in [2.24, 2.45) is 0 Å². The molecular weight excluding hydrogens is 360 g/mol. The van der Waals surface area contributed by atoms with Gasteiger partial charge < -0.3 is 25.2 Å². The van der Waals surface area contributed by atoms with Crippen molar-refractivity contribution < 1.29 is 24.2 Å². The van der Waals surface area contributed by atoms with E-state index in [4.69, 9.17) is 14.6 Å². The summed E-state index contributed by atoms with van der Waals surface area (Å²) in [4.78, 5) is 24.5. The van der Waals surface area contributed by atoms with Gasteiger partial charge in [-0.2, -0.15) is 0 Å². The second-order valence-corrected chi connectivity index (χ2v) is 6.43. The van der Waals surface area contributed by atoms with Gasteiger partial charge in [-0.1, -0.05) is 11.8 Å². The summed E-state index contributed by atoms with van der Waals surface area (Å²) >= 11 is 0. The number of amides is 1. The number of esters is 1. The minimum absolute atomic E-state index is 0.0457. The van der Waals surface area contributed by atoms with Crippen LogP contribution in [0.2, 0.25) is 0 Å². The lowest BCUT2D eigenvalue weighted by atomic mass is 9.94. The summed E-state index contributed by atoms with van der Waals surface area (Å²) in [6, 6.07) is 5.75. The molecule has 0 fully saturated rings. The quantitative estimate of drug-likeness (QED) is 0.436. The zero-order chi connectivity index (χ0) is 21.0. The van der Waals surface area contributed by atoms with Crippen LogP contribution in [0.1, 0.15) is 30.6 Å². The van der Waals surface area contributed by atoms with Crippen LogP contribution in [0.25, 0.3) is 0 Å². The molecule has 0 aliphatic heterocycles. The molecule has 0 spiro atoms. The van der Waals surface area contributed by atoms with E-state index >= 15 is 0 Å². The van der Waals surface area contributed by atoms with Gasteiger partial charge in [0, 0.05) is 17.5 Å². The first kappa shape index (κ1) is 23.2. The molecule has 0 aromatic heterocycles. The van der Waals surface area contributed by atoms with E-state index in [0.29, 0.717) is 24.3 Å². The number of likely N-dealkylation sites (N-methyl/N-ethyl adjacent to an activating group) is 1. The lowest BCUT2D eigenvalue weighted by Crippen LogP contribution is -2.60. The third-order valence-electron chi connectivity index (χ3n) is 4.08. The molecule has 28 heavy (non-hydrogen) atoms. The summed E-state index contributed by atoms with van der Waals surface area (Å²) in [6.45, 7) is 3.98. The van der Waals surface area contributed by atoms with E-state index in [0.717, 1.165) is 0 Å². The highest BCUT2D eigenvalue weighted by atomic mass is 16.5. The molecule has 0 heterocycles. The Bertz CT molecular complexity index is 729. The van der Waals surface area contributed by atoms with E-state index in [2.05, 4.69) is 22.5 Å². The number of methoxy groups -OCH3 is 1. The maximum absolute atomic E-state index is 12.5. The Kier molecular flexibility index (Phi) is 9.79. The third-order valence-corrected chi connectivity index (χ3v) is 4.08. The SMILES string of the molecule is CNC(C)(C)C(NC(=O)c1ccc(OCC=CC#CCCO)cc1)C(=O)OC. The monoisotopic (exact) mass is 388 g/mol. The van der Waals surface area contributed by atoms with Crippen LogP contribution in [0.4, 0.5) is 0 Å². The average molecular weight is 388 g/mol. The summed E-state index contributed by atoms with van der Waals surface area (Å²) in [5, 5.41) is 14.3. The highest BCUT2D eigenvalue weighted by molar-refractivity contribution is 5.97. The van der Waals surface area contributed by atoms with E-state index in [-0.39, 0.29) is 12.5 Å². The van der Waals surface area contributed by atoms with Gasteiger partial charge in [0.25, 0.3) is 5.91 Å². The van der Waals surface area contributed by atoms with Crippen molar-refractivity contribution in [3.05, 3.63) is 42.0 Å². The van der Waals surface area contributed by atoms with Gasteiger partial charge in [0.05, 0.1) is 13.7 Å². The molecule has 7 nitrogen and oxygen atoms in total. The van der Waals surface area contributed by atoms with Crippen molar-refractivity contribution in [1.82, 2.24) is 10.6 Å². The van der Waals surface area contributed by atoms with Gasteiger partial charge in [0.1, 0.15) is 18.4 Å². The number of ether oxygens (including phenoxy) is 2. The molecule has 0 radical (unpaired) electrons. The van der Waals surface area contributed by atoms with Crippen molar-refractivity contribution in [2.75, 3.05) is 27.4 Å². The third kappa shape index (κ3) is 7.43. The smallest absolute Gasteiger partial charge is 0.330 e. The van der Waals surface area contributed by atoms with Crippen LogP contribution in [-0.4, -0.2) is 55.9 Å². The van der Waals surface area contributed by atoms with E-state index in [1.165, 1.54) is 7.11 Å². The molecular formula is C21H28N2O5. The van der Waals surface area contributed by atoms with Crippen molar-refractivity contribution >= 4 is 11.9 Å². The number of hydrogen-bond acceptors (Lipinski definition) is 6. The van der Waals surface area contributed by atoms with E-state index in [9.17, 15) is 9.59 Å². The van der Waals surface area contributed by atoms with Crippen molar-refractivity contribution in [1.29, 1.82) is 0 Å². The Morgan fingerprint density at radius 1 is 1.29 bits per heavy atom. The molecule has 0 aliphatic carbocycles. The number of allylic oxidation sites excluding steroid dienone is 1. The number of carbonyl (C=O) groups is 2. The normalized spacial score (nSPS) is 12.0. The van der Waals surface area contributed by atoms with Gasteiger partial charge in [-0.25, -0.2) is 4.79 Å². The molecule has 3 N–H and O–H groups in total. The largest absolute Gasteiger partial charge is 0.490 e. The van der Waals surface area contributed by atoms with Crippen molar-refractivity contribution in [3.63, 3.8) is 0 Å². The average Bonchev–Trinajstić information content (AvgIpc) is 2.70. The number of benzene rings is 1. The first-order valence-corrected chi connectivity index (χ1v) is 8.90. The number of aliphatic hydroxyl groups is 1. The summed E-state index contributed by atoms with van der Waals surface area (Å²) in [5.41, 5.74) is -0.281. The maximum atomic E-state index is 12.5. The zero-order valence-electron chi connectivity index (χ0n) is 16.7. The Morgan fingerprint density at radius 2 is 1.96 bits per heavy atom. The van der Waals surface area contributed by atoms with Crippen molar-refractivity contribution in [2.45, 2.75) is 31.8 Å². The van der Waals surface area contributed by atoms with Gasteiger partial charge in [-0.3, -0.25) is 4.79 Å². The predicted octanol–water partition coefficient (Wildman–Crippen LogP) is 1.28. The summed E-state index contributed by atoms with van der Waals surface area (Å²) in [5.74, 6) is 5.24. The van der Waals surface area contributed by atoms with E-state index in [1.807, 2.05) is 0 Å². The Morgan fingerprint density at radius 3 is 2.54 bits per heavy atom. The first-order chi connectivity index (χ1) is 13.4. The van der Waals surface area contributed by atoms with Crippen molar-refractivity contribution in [3.8, 4) is 17.6 Å². The van der Waals surface area contributed by atoms with Crippen LogP contribution < -0.4 is 15.4 Å². The molecule has 152 valence electrons. The summed E-state index contributed by atoms with van der Waals surface area (Å²) < 4.78 is 10.3. The molecule has 0 aliphatic rings. The minimum Gasteiger partial charge on any atom is -0.490 e. The molecule has 0 saturated heterocycles. The second-order valence-electron chi connectivity index (χ2n) is 6.43. The van der Waals surface area contributed by atoms with E-state index in [1.54, 1.807) is 57.3 Å². The fraction of sp³-hybridized carbons (Fsp3) is 0.429. The molecule has 1 amide bonds. The van der Waals surface area contributed by atoms with Crippen LogP contribution >= 0.6 is 0 Å². The van der Waals surface area contributed by atoms with Crippen LogP contribution in [0, 0.1) is 11.8 Å². The van der Waals surface area contributed by atoms with Gasteiger partial charge in [0.2, 0.25) is 0 Å². The zero-order valence-corrected chi connectivity index (χ0v) is 16.7. The molecule has 7 heteroatoms. The maximum Gasteiger partial charge on any atom is 0.330 e. The molecule has 1 rings (SSSR count). The molecule has 0 saturated carbocycles. The van der Waals surface area contributed by atoms with Crippen LogP contribution in [-0.2, 0) is 9.53 Å². The molecule has 1 aromatic carbocycles. The standard InChI is InChI=1S/C21H28N2O5/c1-21(2,22-3)18(20(26)27-4)23-19(25)16-10-12-17(13-11-16)28-15-9-7-5-6-8-14-24/h7,9-13,18,22,24H,8,14-15H2,1-4H3,(H,23,25). The van der Waals surface area contributed by atoms with Gasteiger partial charge >= 0.3 is 5.97 Å². The summed E-state index contributed by atoms with van der Waals surface area (Å²) in [7, 11) is 2.99. The van der Waals surface area contributed by atoms with Crippen LogP contribution in [0.3, 0.4) is 0 Å². The molecule has 1 aromatic rings. The van der Waals surface area contributed by atoms with Gasteiger partial charge in [0.15, 0.2) is 0 Å². The molecule has 1 unspecified atom stereocenters. The number of hydrogen-bond donors (Lipinski definition) is 3. The number of carbonyl (C=O) groups excluding carboxylic acids is 2. The first-order valence-electron chi connectivity index (χ1n) is 8.90. The minimum atomic E-state index is -0.844. The highest BCUT2D eigenvalue weighted by Gasteiger charge is 2.36. The molecule has 0 bridgehead atoms. The topological polar surface area (TPSA) is 96.9 Å². The Hall–Kier alpha value is -2.82. The number of aliphatic hydroxyl groups excluding tert-OH is 1. The second kappa shape index (κ2) is 11.8. The lowest BCUT2D eigenvalue weighted by molar-refractivity contribution is -0.144. The predicted molar refractivity (Wildman–Crippen MR) is 107 cm³/mol. The number of nitrogens with one attached hydrogen (secondary N) is 2. The Labute approximate surface area is 166 Å². The number of rotatable bonds is 9. The fourth-order valence-corrected chi connectivity index (χ4v) is 2.15. The Balaban J connectivity index is 2.68. The van der Waals surface area contributed by atoms with Gasteiger partial charge in [-0.15, -0.1) is 0 Å². The fourth-order valence-electron chi connectivity index (χ4n) is 2.15. The lowest BCUT2D eigenvalue weighted by Gasteiger charge is -2.32. The van der Waals surface area contributed by atoms with Gasteiger partial charge in [-0.05, 0) is 57.3 Å². The van der Waals surface area contributed by atoms with E-state index < -0.39 is 17.6 Å². The molecule has 1 atom stereocenters.